The van der Waals surface area contributed by atoms with Crippen LogP contribution in [-0.4, -0.2) is 25.6 Å². The van der Waals surface area contributed by atoms with Crippen molar-refractivity contribution in [3.05, 3.63) is 63.1 Å². The van der Waals surface area contributed by atoms with Gasteiger partial charge in [-0.05, 0) is 48.9 Å². The second kappa shape index (κ2) is 7.11. The summed E-state index contributed by atoms with van der Waals surface area (Å²) in [5, 5.41) is 2.84. The Hall–Kier alpha value is -2.60. The first kappa shape index (κ1) is 17.2. The van der Waals surface area contributed by atoms with Gasteiger partial charge in [0.25, 0.3) is 5.91 Å². The summed E-state index contributed by atoms with van der Waals surface area (Å²) in [4.78, 5) is 24.4. The van der Waals surface area contributed by atoms with Gasteiger partial charge in [-0.3, -0.25) is 4.79 Å². The topological polar surface area (TPSA) is 64.6 Å². The highest BCUT2D eigenvalue weighted by atomic mass is 79.9. The van der Waals surface area contributed by atoms with E-state index in [1.165, 1.54) is 7.11 Å². The first-order valence-corrected chi connectivity index (χ1v) is 8.41. The molecule has 1 aliphatic rings. The average molecular weight is 402 g/mol. The number of hydrogen-bond donors (Lipinski definition) is 1. The van der Waals surface area contributed by atoms with E-state index in [1.807, 2.05) is 18.2 Å². The average Bonchev–Trinajstić information content (AvgIpc) is 2.62. The number of carbonyl (C=O) groups excluding carboxylic acids is 2. The number of carbonyl (C=O) groups is 2. The van der Waals surface area contributed by atoms with Crippen molar-refractivity contribution >= 4 is 39.6 Å². The molecular weight excluding hydrogens is 386 g/mol. The monoisotopic (exact) mass is 401 g/mol. The standard InChI is InChI=1S/C19H16BrNO4/c1-11-15(19(23)24-2)4-3-5-16(11)21-18(22)13-8-12-9-14(20)6-7-17(12)25-10-13/h3-9H,10H2,1-2H3,(H,21,22). The van der Waals surface area contributed by atoms with Crippen molar-refractivity contribution in [2.75, 3.05) is 19.0 Å². The molecule has 1 heterocycles. The molecule has 2 aromatic rings. The summed E-state index contributed by atoms with van der Waals surface area (Å²) in [5.41, 5.74) is 2.99. The van der Waals surface area contributed by atoms with Crippen LogP contribution in [0.15, 0.2) is 46.4 Å². The van der Waals surface area contributed by atoms with Gasteiger partial charge in [0.15, 0.2) is 0 Å². The highest BCUT2D eigenvalue weighted by molar-refractivity contribution is 9.10. The van der Waals surface area contributed by atoms with E-state index in [2.05, 4.69) is 21.2 Å². The van der Waals surface area contributed by atoms with Crippen molar-refractivity contribution in [1.29, 1.82) is 0 Å². The summed E-state index contributed by atoms with van der Waals surface area (Å²) in [6, 6.07) is 10.7. The summed E-state index contributed by atoms with van der Waals surface area (Å²) >= 11 is 3.41. The van der Waals surface area contributed by atoms with Crippen LogP contribution >= 0.6 is 15.9 Å². The Morgan fingerprint density at radius 3 is 2.80 bits per heavy atom. The van der Waals surface area contributed by atoms with Crippen LogP contribution in [0.1, 0.15) is 21.5 Å². The molecule has 0 spiro atoms. The van der Waals surface area contributed by atoms with Crippen LogP contribution in [0.4, 0.5) is 5.69 Å². The molecule has 0 radical (unpaired) electrons. The van der Waals surface area contributed by atoms with E-state index in [4.69, 9.17) is 9.47 Å². The summed E-state index contributed by atoms with van der Waals surface area (Å²) in [6.45, 7) is 1.95. The Labute approximate surface area is 153 Å². The smallest absolute Gasteiger partial charge is 0.338 e. The number of esters is 1. The zero-order chi connectivity index (χ0) is 18.0. The molecular formula is C19H16BrNO4. The van der Waals surface area contributed by atoms with Gasteiger partial charge in [-0.25, -0.2) is 4.79 Å². The highest BCUT2D eigenvalue weighted by Gasteiger charge is 2.19. The first-order valence-electron chi connectivity index (χ1n) is 7.62. The third-order valence-electron chi connectivity index (χ3n) is 3.96. The molecule has 1 amide bonds. The second-order valence-corrected chi connectivity index (χ2v) is 6.48. The molecule has 0 bridgehead atoms. The number of hydrogen-bond acceptors (Lipinski definition) is 4. The third kappa shape index (κ3) is 3.58. The fraction of sp³-hybridized carbons (Fsp3) is 0.158. The normalized spacial score (nSPS) is 12.5. The van der Waals surface area contributed by atoms with Crippen molar-refractivity contribution in [2.45, 2.75) is 6.92 Å². The van der Waals surface area contributed by atoms with E-state index >= 15 is 0 Å². The fourth-order valence-electron chi connectivity index (χ4n) is 2.58. The van der Waals surface area contributed by atoms with Gasteiger partial charge in [0, 0.05) is 15.7 Å². The van der Waals surface area contributed by atoms with Gasteiger partial charge in [0.1, 0.15) is 12.4 Å². The molecule has 0 saturated heterocycles. The second-order valence-electron chi connectivity index (χ2n) is 5.56. The minimum Gasteiger partial charge on any atom is -0.488 e. The van der Waals surface area contributed by atoms with Crippen LogP contribution < -0.4 is 10.1 Å². The third-order valence-corrected chi connectivity index (χ3v) is 4.46. The first-order chi connectivity index (χ1) is 12.0. The largest absolute Gasteiger partial charge is 0.488 e. The molecule has 1 aliphatic heterocycles. The van der Waals surface area contributed by atoms with E-state index in [0.29, 0.717) is 22.4 Å². The van der Waals surface area contributed by atoms with Gasteiger partial charge in [0.05, 0.1) is 18.2 Å². The van der Waals surface area contributed by atoms with Gasteiger partial charge in [-0.1, -0.05) is 22.0 Å². The van der Waals surface area contributed by atoms with Gasteiger partial charge >= 0.3 is 5.97 Å². The van der Waals surface area contributed by atoms with Gasteiger partial charge in [0.2, 0.25) is 0 Å². The maximum Gasteiger partial charge on any atom is 0.338 e. The molecule has 0 fully saturated rings. The zero-order valence-electron chi connectivity index (χ0n) is 13.8. The summed E-state index contributed by atoms with van der Waals surface area (Å²) in [5.74, 6) is 0.0342. The van der Waals surface area contributed by atoms with E-state index in [-0.39, 0.29) is 12.5 Å². The summed E-state index contributed by atoms with van der Waals surface area (Å²) < 4.78 is 11.3. The van der Waals surface area contributed by atoms with E-state index < -0.39 is 5.97 Å². The van der Waals surface area contributed by atoms with Crippen LogP contribution in [0.25, 0.3) is 6.08 Å². The molecule has 0 aliphatic carbocycles. The molecule has 0 aromatic heterocycles. The Bertz CT molecular complexity index is 889. The van der Waals surface area contributed by atoms with E-state index in [1.54, 1.807) is 31.2 Å². The molecule has 0 saturated carbocycles. The lowest BCUT2D eigenvalue weighted by Crippen LogP contribution is -2.22. The Kier molecular flexibility index (Phi) is 4.90. The molecule has 5 nitrogen and oxygen atoms in total. The van der Waals surface area contributed by atoms with Crippen molar-refractivity contribution in [1.82, 2.24) is 0 Å². The Morgan fingerprint density at radius 1 is 1.24 bits per heavy atom. The molecule has 128 valence electrons. The van der Waals surface area contributed by atoms with Crippen molar-refractivity contribution in [3.8, 4) is 5.75 Å². The predicted octanol–water partition coefficient (Wildman–Crippen LogP) is 3.96. The number of benzene rings is 2. The number of fused-ring (bicyclic) bond motifs is 1. The highest BCUT2D eigenvalue weighted by Crippen LogP contribution is 2.30. The quantitative estimate of drug-likeness (QED) is 0.790. The Balaban J connectivity index is 1.85. The van der Waals surface area contributed by atoms with Crippen LogP contribution in [0.2, 0.25) is 0 Å². The fourth-order valence-corrected chi connectivity index (χ4v) is 2.96. The number of rotatable bonds is 3. The molecule has 1 N–H and O–H groups in total. The Morgan fingerprint density at radius 2 is 2.04 bits per heavy atom. The molecule has 2 aromatic carbocycles. The van der Waals surface area contributed by atoms with Gasteiger partial charge < -0.3 is 14.8 Å². The number of anilines is 1. The molecule has 25 heavy (non-hydrogen) atoms. The van der Waals surface area contributed by atoms with Gasteiger partial charge in [-0.2, -0.15) is 0 Å². The number of methoxy groups -OCH3 is 1. The van der Waals surface area contributed by atoms with Crippen molar-refractivity contribution in [2.24, 2.45) is 0 Å². The molecule has 0 atom stereocenters. The SMILES string of the molecule is COC(=O)c1cccc(NC(=O)C2=Cc3cc(Br)ccc3OC2)c1C. The lowest BCUT2D eigenvalue weighted by Gasteiger charge is -2.18. The lowest BCUT2D eigenvalue weighted by atomic mass is 10.0. The number of amides is 1. The maximum absolute atomic E-state index is 12.6. The van der Waals surface area contributed by atoms with Crippen LogP contribution in [0.3, 0.4) is 0 Å². The van der Waals surface area contributed by atoms with Crippen molar-refractivity contribution in [3.63, 3.8) is 0 Å². The number of halogens is 1. The minimum atomic E-state index is -0.437. The van der Waals surface area contributed by atoms with Crippen LogP contribution in [0.5, 0.6) is 5.75 Å². The summed E-state index contributed by atoms with van der Waals surface area (Å²) in [7, 11) is 1.33. The van der Waals surface area contributed by atoms with E-state index in [9.17, 15) is 9.59 Å². The number of ether oxygens (including phenoxy) is 2. The van der Waals surface area contributed by atoms with Crippen LogP contribution in [-0.2, 0) is 9.53 Å². The zero-order valence-corrected chi connectivity index (χ0v) is 15.3. The minimum absolute atomic E-state index is 0.191. The number of nitrogens with one attached hydrogen (secondary N) is 1. The summed E-state index contributed by atoms with van der Waals surface area (Å²) in [6.07, 6.45) is 1.80. The maximum atomic E-state index is 12.6. The molecule has 0 unspecified atom stereocenters. The molecule has 3 rings (SSSR count). The van der Waals surface area contributed by atoms with Crippen molar-refractivity contribution < 1.29 is 19.1 Å². The van der Waals surface area contributed by atoms with Gasteiger partial charge in [-0.15, -0.1) is 0 Å². The predicted molar refractivity (Wildman–Crippen MR) is 98.8 cm³/mol. The van der Waals surface area contributed by atoms with E-state index in [0.717, 1.165) is 15.8 Å². The van der Waals surface area contributed by atoms with Crippen LogP contribution in [0, 0.1) is 6.92 Å². The lowest BCUT2D eigenvalue weighted by molar-refractivity contribution is -0.113. The molecule has 6 heteroatoms.